The number of aldehydes is 1. The highest BCUT2D eigenvalue weighted by molar-refractivity contribution is 5.87. The molecule has 0 aliphatic heterocycles. The molecule has 0 radical (unpaired) electrons. The number of carbonyl (C=O) groups is 3. The highest BCUT2D eigenvalue weighted by Gasteiger charge is 2.04. The van der Waals surface area contributed by atoms with Gasteiger partial charge in [0.1, 0.15) is 12.1 Å². The van der Waals surface area contributed by atoms with E-state index >= 15 is 0 Å². The van der Waals surface area contributed by atoms with Crippen molar-refractivity contribution in [2.45, 2.75) is 32.7 Å². The Morgan fingerprint density at radius 3 is 2.95 bits per heavy atom. The Balaban J connectivity index is 2.29. The van der Waals surface area contributed by atoms with Gasteiger partial charge in [-0.1, -0.05) is 0 Å². The van der Waals surface area contributed by atoms with Crippen LogP contribution in [0.1, 0.15) is 26.2 Å². The molecule has 0 unspecified atom stereocenters. The largest absolute Gasteiger partial charge is 0.354 e. The van der Waals surface area contributed by atoms with Gasteiger partial charge < -0.3 is 15.4 Å². The lowest BCUT2D eigenvalue weighted by Crippen LogP contribution is -2.27. The minimum absolute atomic E-state index is 0.0879. The summed E-state index contributed by atoms with van der Waals surface area (Å²) < 4.78 is 1.60. The summed E-state index contributed by atoms with van der Waals surface area (Å²) in [6.45, 7) is 2.32. The number of rotatable bonds is 8. The zero-order chi connectivity index (χ0) is 14.1. The van der Waals surface area contributed by atoms with Crippen molar-refractivity contribution >= 4 is 23.9 Å². The molecule has 1 aromatic rings. The van der Waals surface area contributed by atoms with Gasteiger partial charge in [0.05, 0.1) is 12.7 Å². The van der Waals surface area contributed by atoms with Crippen molar-refractivity contribution in [2.24, 2.45) is 0 Å². The Kier molecular flexibility index (Phi) is 6.28. The van der Waals surface area contributed by atoms with Crippen LogP contribution in [0.15, 0.2) is 12.3 Å². The van der Waals surface area contributed by atoms with Crippen LogP contribution in [0.4, 0.5) is 5.82 Å². The smallest absolute Gasteiger partial charge is 0.222 e. The fraction of sp³-hybridized carbons (Fsp3) is 0.500. The Morgan fingerprint density at radius 1 is 1.47 bits per heavy atom. The predicted molar refractivity (Wildman–Crippen MR) is 69.5 cm³/mol. The third kappa shape index (κ3) is 5.80. The van der Waals surface area contributed by atoms with Gasteiger partial charge in [0.15, 0.2) is 0 Å². The molecular formula is C12H18N4O3. The zero-order valence-corrected chi connectivity index (χ0v) is 10.9. The predicted octanol–water partition coefficient (Wildman–Crippen LogP) is 0.327. The Morgan fingerprint density at radius 2 is 2.26 bits per heavy atom. The van der Waals surface area contributed by atoms with Crippen molar-refractivity contribution in [1.82, 2.24) is 15.1 Å². The third-order valence-corrected chi connectivity index (χ3v) is 2.39. The fourth-order valence-electron chi connectivity index (χ4n) is 1.53. The molecule has 7 heteroatoms. The Hall–Kier alpha value is -2.18. The van der Waals surface area contributed by atoms with Crippen LogP contribution in [0, 0.1) is 0 Å². The van der Waals surface area contributed by atoms with E-state index in [0.29, 0.717) is 38.2 Å². The molecule has 1 heterocycles. The zero-order valence-electron chi connectivity index (χ0n) is 10.9. The number of nitrogens with one attached hydrogen (secondary N) is 2. The van der Waals surface area contributed by atoms with Crippen molar-refractivity contribution in [3.05, 3.63) is 12.3 Å². The van der Waals surface area contributed by atoms with E-state index in [1.54, 1.807) is 16.9 Å². The van der Waals surface area contributed by atoms with Gasteiger partial charge in [-0.25, -0.2) is 4.68 Å². The normalized spacial score (nSPS) is 9.95. The lowest BCUT2D eigenvalue weighted by atomic mass is 10.2. The summed E-state index contributed by atoms with van der Waals surface area (Å²) in [6.07, 6.45) is 3.69. The van der Waals surface area contributed by atoms with E-state index in [0.717, 1.165) is 6.29 Å². The average molecular weight is 266 g/mol. The van der Waals surface area contributed by atoms with E-state index < -0.39 is 0 Å². The van der Waals surface area contributed by atoms with Crippen molar-refractivity contribution in [2.75, 3.05) is 11.9 Å². The molecule has 7 nitrogen and oxygen atoms in total. The first-order chi connectivity index (χ1) is 9.13. The SMILES string of the molecule is CC(=O)Nc1ccnn1CCNC(=O)CCCC=O. The van der Waals surface area contributed by atoms with Crippen LogP contribution < -0.4 is 10.6 Å². The van der Waals surface area contributed by atoms with E-state index in [2.05, 4.69) is 15.7 Å². The maximum absolute atomic E-state index is 11.4. The molecule has 0 atom stereocenters. The first kappa shape index (κ1) is 14.9. The molecule has 104 valence electrons. The molecule has 19 heavy (non-hydrogen) atoms. The highest BCUT2D eigenvalue weighted by Crippen LogP contribution is 2.04. The molecule has 0 fully saturated rings. The molecule has 0 aromatic carbocycles. The van der Waals surface area contributed by atoms with Crippen LogP contribution in [0.25, 0.3) is 0 Å². The maximum Gasteiger partial charge on any atom is 0.222 e. The number of carbonyl (C=O) groups excluding carboxylic acids is 3. The van der Waals surface area contributed by atoms with Gasteiger partial charge in [-0.2, -0.15) is 5.10 Å². The van der Waals surface area contributed by atoms with Crippen LogP contribution in [0.2, 0.25) is 0 Å². The van der Waals surface area contributed by atoms with Crippen LogP contribution >= 0.6 is 0 Å². The molecule has 1 aromatic heterocycles. The minimum Gasteiger partial charge on any atom is -0.354 e. The summed E-state index contributed by atoms with van der Waals surface area (Å²) in [7, 11) is 0. The first-order valence-electron chi connectivity index (χ1n) is 6.13. The highest BCUT2D eigenvalue weighted by atomic mass is 16.2. The van der Waals surface area contributed by atoms with Crippen LogP contribution in [0.5, 0.6) is 0 Å². The molecule has 0 bridgehead atoms. The second kappa shape index (κ2) is 8.02. The Bertz CT molecular complexity index is 442. The quantitative estimate of drug-likeness (QED) is 0.523. The lowest BCUT2D eigenvalue weighted by Gasteiger charge is -2.08. The van der Waals surface area contributed by atoms with Gasteiger partial charge in [-0.15, -0.1) is 0 Å². The van der Waals surface area contributed by atoms with Crippen molar-refractivity contribution in [3.8, 4) is 0 Å². The maximum atomic E-state index is 11.4. The molecule has 0 spiro atoms. The van der Waals surface area contributed by atoms with Crippen LogP contribution in [-0.2, 0) is 20.9 Å². The van der Waals surface area contributed by atoms with Gasteiger partial charge in [0.25, 0.3) is 0 Å². The van der Waals surface area contributed by atoms with E-state index in [-0.39, 0.29) is 11.8 Å². The average Bonchev–Trinajstić information content (AvgIpc) is 2.76. The molecule has 0 saturated carbocycles. The third-order valence-electron chi connectivity index (χ3n) is 2.39. The Labute approximate surface area is 111 Å². The van der Waals surface area contributed by atoms with Gasteiger partial charge in [-0.3, -0.25) is 9.59 Å². The standard InChI is InChI=1S/C12H18N4O3/c1-10(18)15-11-5-6-14-16(11)8-7-13-12(19)4-2-3-9-17/h5-6,9H,2-4,7-8H2,1H3,(H,13,19)(H,15,18). The van der Waals surface area contributed by atoms with Gasteiger partial charge in [-0.05, 0) is 6.42 Å². The van der Waals surface area contributed by atoms with Crippen LogP contribution in [-0.4, -0.2) is 34.4 Å². The molecular weight excluding hydrogens is 248 g/mol. The topological polar surface area (TPSA) is 93.1 Å². The minimum atomic E-state index is -0.167. The number of nitrogens with zero attached hydrogens (tertiary/aromatic N) is 2. The van der Waals surface area contributed by atoms with Gasteiger partial charge in [0, 0.05) is 32.4 Å². The molecule has 1 rings (SSSR count). The van der Waals surface area contributed by atoms with E-state index in [1.165, 1.54) is 6.92 Å². The second-order valence-electron chi connectivity index (χ2n) is 4.03. The molecule has 2 amide bonds. The van der Waals surface area contributed by atoms with Crippen LogP contribution in [0.3, 0.4) is 0 Å². The van der Waals surface area contributed by atoms with Crippen molar-refractivity contribution in [1.29, 1.82) is 0 Å². The summed E-state index contributed by atoms with van der Waals surface area (Å²) in [5.41, 5.74) is 0. The van der Waals surface area contributed by atoms with Crippen molar-refractivity contribution in [3.63, 3.8) is 0 Å². The van der Waals surface area contributed by atoms with E-state index in [4.69, 9.17) is 0 Å². The molecule has 0 aliphatic rings. The molecule has 0 saturated heterocycles. The fourth-order valence-corrected chi connectivity index (χ4v) is 1.53. The summed E-state index contributed by atoms with van der Waals surface area (Å²) in [5.74, 6) is 0.345. The van der Waals surface area contributed by atoms with Crippen molar-refractivity contribution < 1.29 is 14.4 Å². The lowest BCUT2D eigenvalue weighted by molar-refractivity contribution is -0.121. The van der Waals surface area contributed by atoms with Gasteiger partial charge in [0.2, 0.25) is 11.8 Å². The molecule has 2 N–H and O–H groups in total. The summed E-state index contributed by atoms with van der Waals surface area (Å²) >= 11 is 0. The number of amides is 2. The number of hydrogen-bond acceptors (Lipinski definition) is 4. The summed E-state index contributed by atoms with van der Waals surface area (Å²) in [6, 6.07) is 1.69. The van der Waals surface area contributed by atoms with E-state index in [1.807, 2.05) is 0 Å². The summed E-state index contributed by atoms with van der Waals surface area (Å²) in [4.78, 5) is 32.4. The molecule has 0 aliphatic carbocycles. The van der Waals surface area contributed by atoms with Gasteiger partial charge >= 0.3 is 0 Å². The number of anilines is 1. The second-order valence-corrected chi connectivity index (χ2v) is 4.03. The number of unbranched alkanes of at least 4 members (excludes halogenated alkanes) is 1. The number of hydrogen-bond donors (Lipinski definition) is 2. The summed E-state index contributed by atoms with van der Waals surface area (Å²) in [5, 5.41) is 9.42. The monoisotopic (exact) mass is 266 g/mol. The van der Waals surface area contributed by atoms with E-state index in [9.17, 15) is 14.4 Å². The first-order valence-corrected chi connectivity index (χ1v) is 6.13. The number of aromatic nitrogens is 2.